The van der Waals surface area contributed by atoms with Gasteiger partial charge < -0.3 is 9.64 Å². The normalized spacial score (nSPS) is 18.3. The summed E-state index contributed by atoms with van der Waals surface area (Å²) in [5.74, 6) is 0.0131. The summed E-state index contributed by atoms with van der Waals surface area (Å²) >= 11 is 7.87. The average Bonchev–Trinajstić information content (AvgIpc) is 3.13. The Labute approximate surface area is 133 Å². The monoisotopic (exact) mass is 323 g/mol. The van der Waals surface area contributed by atoms with E-state index in [1.165, 1.54) is 11.3 Å². The van der Waals surface area contributed by atoms with Crippen LogP contribution in [0.3, 0.4) is 0 Å². The molecule has 1 fully saturated rings. The fourth-order valence-corrected chi connectivity index (χ4v) is 4.16. The van der Waals surface area contributed by atoms with Crippen molar-refractivity contribution < 1.29 is 9.53 Å². The molecule has 1 amide bonds. The quantitative estimate of drug-likeness (QED) is 0.844. The van der Waals surface area contributed by atoms with Gasteiger partial charge in [0.15, 0.2) is 0 Å². The van der Waals surface area contributed by atoms with Crippen molar-refractivity contribution in [2.24, 2.45) is 0 Å². The molecule has 0 spiro atoms. The van der Waals surface area contributed by atoms with Crippen LogP contribution in [0.2, 0.25) is 5.02 Å². The molecule has 0 saturated carbocycles. The van der Waals surface area contributed by atoms with Crippen LogP contribution in [-0.2, 0) is 4.74 Å². The van der Waals surface area contributed by atoms with Gasteiger partial charge in [0.1, 0.15) is 4.88 Å². The second-order valence-electron chi connectivity index (χ2n) is 5.22. The van der Waals surface area contributed by atoms with Gasteiger partial charge in [0, 0.05) is 29.8 Å². The summed E-state index contributed by atoms with van der Waals surface area (Å²) in [5.41, 5.74) is 0. The molecule has 0 N–H and O–H groups in total. The van der Waals surface area contributed by atoms with Crippen molar-refractivity contribution in [1.82, 2.24) is 4.90 Å². The summed E-state index contributed by atoms with van der Waals surface area (Å²) in [6.45, 7) is 4.12. The highest BCUT2D eigenvalue weighted by molar-refractivity contribution is 7.21. The lowest BCUT2D eigenvalue weighted by molar-refractivity contribution is 0.0543. The van der Waals surface area contributed by atoms with Crippen LogP contribution in [0.5, 0.6) is 0 Å². The maximum atomic E-state index is 12.8. The second-order valence-corrected chi connectivity index (χ2v) is 6.65. The predicted octanol–water partition coefficient (Wildman–Crippen LogP) is 4.20. The number of carbonyl (C=O) groups excluding carboxylic acids is 1. The number of carbonyl (C=O) groups is 1. The average molecular weight is 324 g/mol. The Balaban J connectivity index is 1.85. The molecule has 112 valence electrons. The predicted molar refractivity (Wildman–Crippen MR) is 87.4 cm³/mol. The zero-order valence-corrected chi connectivity index (χ0v) is 13.5. The zero-order chi connectivity index (χ0) is 14.8. The standard InChI is InChI=1S/C16H18ClNO2S/c1-2-18(10-11-6-5-9-20-11)16(19)15-14(17)12-7-3-4-8-13(12)21-15/h3-4,7-8,11H,2,5-6,9-10H2,1H3. The Kier molecular flexibility index (Phi) is 4.48. The topological polar surface area (TPSA) is 29.5 Å². The Hall–Kier alpha value is -1.10. The first-order chi connectivity index (χ1) is 10.2. The molecule has 3 rings (SSSR count). The number of hydrogen-bond acceptors (Lipinski definition) is 3. The molecule has 1 atom stereocenters. The lowest BCUT2D eigenvalue weighted by atomic mass is 10.2. The van der Waals surface area contributed by atoms with Crippen LogP contribution in [0, 0.1) is 0 Å². The number of hydrogen-bond donors (Lipinski definition) is 0. The minimum atomic E-state index is 0.0131. The highest BCUT2D eigenvalue weighted by atomic mass is 35.5. The van der Waals surface area contributed by atoms with Gasteiger partial charge in [0.05, 0.1) is 11.1 Å². The van der Waals surface area contributed by atoms with E-state index in [1.54, 1.807) is 0 Å². The Morgan fingerprint density at radius 1 is 1.48 bits per heavy atom. The van der Waals surface area contributed by atoms with Crippen LogP contribution in [-0.4, -0.2) is 36.6 Å². The van der Waals surface area contributed by atoms with Gasteiger partial charge >= 0.3 is 0 Å². The van der Waals surface area contributed by atoms with Crippen LogP contribution in [0.15, 0.2) is 24.3 Å². The van der Waals surface area contributed by atoms with Gasteiger partial charge in [-0.1, -0.05) is 29.8 Å². The maximum Gasteiger partial charge on any atom is 0.265 e. The minimum Gasteiger partial charge on any atom is -0.376 e. The van der Waals surface area contributed by atoms with E-state index in [-0.39, 0.29) is 12.0 Å². The molecule has 2 aromatic rings. The summed E-state index contributed by atoms with van der Waals surface area (Å²) in [6.07, 6.45) is 2.28. The molecule has 0 bridgehead atoms. The maximum absolute atomic E-state index is 12.8. The molecule has 1 saturated heterocycles. The van der Waals surface area contributed by atoms with Gasteiger partial charge in [0.2, 0.25) is 0 Å². The fraction of sp³-hybridized carbons (Fsp3) is 0.438. The van der Waals surface area contributed by atoms with Gasteiger partial charge in [-0.3, -0.25) is 4.79 Å². The molecule has 1 aromatic carbocycles. The number of ether oxygens (including phenoxy) is 1. The van der Waals surface area contributed by atoms with Crippen molar-refractivity contribution in [3.63, 3.8) is 0 Å². The lowest BCUT2D eigenvalue weighted by Crippen LogP contribution is -2.36. The van der Waals surface area contributed by atoms with E-state index in [1.807, 2.05) is 36.1 Å². The van der Waals surface area contributed by atoms with Gasteiger partial charge in [-0.05, 0) is 25.8 Å². The summed E-state index contributed by atoms with van der Waals surface area (Å²) in [7, 11) is 0. The van der Waals surface area contributed by atoms with E-state index >= 15 is 0 Å². The number of thiophene rings is 1. The molecule has 1 aliphatic heterocycles. The SMILES string of the molecule is CCN(CC1CCCO1)C(=O)c1sc2ccccc2c1Cl. The number of benzene rings is 1. The van der Waals surface area contributed by atoms with E-state index in [2.05, 4.69) is 0 Å². The van der Waals surface area contributed by atoms with Gasteiger partial charge in [-0.25, -0.2) is 0 Å². The van der Waals surface area contributed by atoms with Crippen molar-refractivity contribution in [3.05, 3.63) is 34.2 Å². The van der Waals surface area contributed by atoms with E-state index in [4.69, 9.17) is 16.3 Å². The highest BCUT2D eigenvalue weighted by Crippen LogP contribution is 2.36. The molecule has 1 unspecified atom stereocenters. The molecule has 3 nitrogen and oxygen atoms in total. The van der Waals surface area contributed by atoms with E-state index in [0.717, 1.165) is 29.5 Å². The minimum absolute atomic E-state index is 0.0131. The van der Waals surface area contributed by atoms with Gasteiger partial charge in [-0.2, -0.15) is 0 Å². The number of halogens is 1. The van der Waals surface area contributed by atoms with E-state index in [9.17, 15) is 4.79 Å². The summed E-state index contributed by atoms with van der Waals surface area (Å²) in [6, 6.07) is 7.87. The molecule has 0 radical (unpaired) electrons. The third kappa shape index (κ3) is 2.93. The smallest absolute Gasteiger partial charge is 0.265 e. The number of nitrogens with zero attached hydrogens (tertiary/aromatic N) is 1. The molecular weight excluding hydrogens is 306 g/mol. The number of fused-ring (bicyclic) bond motifs is 1. The number of likely N-dealkylation sites (N-methyl/N-ethyl adjacent to an activating group) is 1. The molecule has 2 heterocycles. The summed E-state index contributed by atoms with van der Waals surface area (Å²) in [5, 5.41) is 1.53. The Bertz CT molecular complexity index is 649. The molecule has 1 aromatic heterocycles. The van der Waals surface area contributed by atoms with Crippen LogP contribution in [0.4, 0.5) is 0 Å². The van der Waals surface area contributed by atoms with Gasteiger partial charge in [-0.15, -0.1) is 11.3 Å². The van der Waals surface area contributed by atoms with Crippen LogP contribution in [0.1, 0.15) is 29.4 Å². The largest absolute Gasteiger partial charge is 0.376 e. The first-order valence-electron chi connectivity index (χ1n) is 7.28. The van der Waals surface area contributed by atoms with E-state index < -0.39 is 0 Å². The van der Waals surface area contributed by atoms with Crippen molar-refractivity contribution >= 4 is 38.9 Å². The molecule has 1 aliphatic rings. The second kappa shape index (κ2) is 6.34. The third-order valence-electron chi connectivity index (χ3n) is 3.85. The summed E-state index contributed by atoms with van der Waals surface area (Å²) in [4.78, 5) is 15.2. The highest BCUT2D eigenvalue weighted by Gasteiger charge is 2.25. The molecule has 5 heteroatoms. The van der Waals surface area contributed by atoms with Gasteiger partial charge in [0.25, 0.3) is 5.91 Å². The molecular formula is C16H18ClNO2S. The van der Waals surface area contributed by atoms with Crippen molar-refractivity contribution in [1.29, 1.82) is 0 Å². The lowest BCUT2D eigenvalue weighted by Gasteiger charge is -2.23. The van der Waals surface area contributed by atoms with Crippen LogP contribution < -0.4 is 0 Å². The third-order valence-corrected chi connectivity index (χ3v) is 5.51. The van der Waals surface area contributed by atoms with Crippen molar-refractivity contribution in [2.45, 2.75) is 25.9 Å². The number of rotatable bonds is 4. The summed E-state index contributed by atoms with van der Waals surface area (Å²) < 4.78 is 6.69. The van der Waals surface area contributed by atoms with Crippen molar-refractivity contribution in [3.8, 4) is 0 Å². The first-order valence-corrected chi connectivity index (χ1v) is 8.48. The Morgan fingerprint density at radius 2 is 2.29 bits per heavy atom. The first kappa shape index (κ1) is 14.8. The molecule has 0 aliphatic carbocycles. The van der Waals surface area contributed by atoms with E-state index in [0.29, 0.717) is 23.0 Å². The fourth-order valence-electron chi connectivity index (χ4n) is 2.68. The van der Waals surface area contributed by atoms with Crippen LogP contribution in [0.25, 0.3) is 10.1 Å². The molecule has 21 heavy (non-hydrogen) atoms. The number of amides is 1. The zero-order valence-electron chi connectivity index (χ0n) is 12.0. The Morgan fingerprint density at radius 3 is 2.95 bits per heavy atom. The van der Waals surface area contributed by atoms with Crippen molar-refractivity contribution in [2.75, 3.05) is 19.7 Å². The van der Waals surface area contributed by atoms with Crippen LogP contribution >= 0.6 is 22.9 Å².